The summed E-state index contributed by atoms with van der Waals surface area (Å²) < 4.78 is 0. The van der Waals surface area contributed by atoms with Crippen molar-refractivity contribution in [2.75, 3.05) is 50.5 Å². The lowest BCUT2D eigenvalue weighted by molar-refractivity contribution is -0.125. The Labute approximate surface area is 204 Å². The zero-order valence-corrected chi connectivity index (χ0v) is 20.8. The van der Waals surface area contributed by atoms with E-state index in [1.165, 1.54) is 0 Å². The van der Waals surface area contributed by atoms with Gasteiger partial charge in [0.1, 0.15) is 5.02 Å². The Kier molecular flexibility index (Phi) is 8.82. The van der Waals surface area contributed by atoms with Crippen LogP contribution in [0.3, 0.4) is 0 Å². The fraction of sp³-hybridized carbons (Fsp3) is 0.500. The van der Waals surface area contributed by atoms with Gasteiger partial charge in [-0.2, -0.15) is 4.98 Å². The van der Waals surface area contributed by atoms with Crippen LogP contribution in [0.15, 0.2) is 24.4 Å². The highest BCUT2D eigenvalue weighted by Gasteiger charge is 2.26. The van der Waals surface area contributed by atoms with Gasteiger partial charge in [-0.15, -0.1) is 0 Å². The van der Waals surface area contributed by atoms with Gasteiger partial charge in [0.15, 0.2) is 5.82 Å². The van der Waals surface area contributed by atoms with Crippen LogP contribution in [0.2, 0.25) is 15.1 Å². The molecule has 1 saturated heterocycles. The quantitative estimate of drug-likeness (QED) is 0.557. The molecular weight excluding hydrogens is 471 g/mol. The molecule has 1 atom stereocenters. The summed E-state index contributed by atoms with van der Waals surface area (Å²) in [6.07, 6.45) is 3.13. The standard InChI is InChI=1S/C22H29Cl3N6O/c1-14(17-5-4-16(23)12-18(17)24)28-20-19(25)13-27-22(29-20)31-9-6-15(7-10-31)21(32)26-8-11-30(2)3/h4-5,12-15H,6-11H2,1-3H3,(H,26,32)(H,27,28,29)/t14-/m1/s1. The van der Waals surface area contributed by atoms with E-state index in [1.54, 1.807) is 18.3 Å². The maximum Gasteiger partial charge on any atom is 0.227 e. The van der Waals surface area contributed by atoms with Gasteiger partial charge in [0.25, 0.3) is 0 Å². The second-order valence-electron chi connectivity index (χ2n) is 8.25. The molecule has 1 aromatic carbocycles. The molecule has 32 heavy (non-hydrogen) atoms. The molecule has 0 saturated carbocycles. The summed E-state index contributed by atoms with van der Waals surface area (Å²) in [6.45, 7) is 4.90. The lowest BCUT2D eigenvalue weighted by Gasteiger charge is -2.31. The molecule has 0 radical (unpaired) electrons. The Hall–Kier alpha value is -1.80. The van der Waals surface area contributed by atoms with Gasteiger partial charge in [-0.3, -0.25) is 4.79 Å². The van der Waals surface area contributed by atoms with Crippen LogP contribution in [0.1, 0.15) is 31.4 Å². The monoisotopic (exact) mass is 498 g/mol. The lowest BCUT2D eigenvalue weighted by atomic mass is 9.96. The van der Waals surface area contributed by atoms with Crippen LogP contribution in [0, 0.1) is 5.92 Å². The largest absolute Gasteiger partial charge is 0.362 e. The maximum absolute atomic E-state index is 12.4. The highest BCUT2D eigenvalue weighted by molar-refractivity contribution is 6.35. The summed E-state index contributed by atoms with van der Waals surface area (Å²) in [5, 5.41) is 7.94. The molecule has 0 bridgehead atoms. The predicted octanol–water partition coefficient (Wildman–Crippen LogP) is 4.50. The van der Waals surface area contributed by atoms with E-state index in [0.29, 0.717) is 46.5 Å². The molecule has 1 aromatic heterocycles. The molecule has 2 heterocycles. The number of halogens is 3. The van der Waals surface area contributed by atoms with Crippen LogP contribution in [0.4, 0.5) is 11.8 Å². The minimum Gasteiger partial charge on any atom is -0.362 e. The van der Waals surface area contributed by atoms with Gasteiger partial charge in [0.05, 0.1) is 12.2 Å². The number of carbonyl (C=O) groups is 1. The molecule has 2 aromatic rings. The molecule has 0 spiro atoms. The average Bonchev–Trinajstić information content (AvgIpc) is 2.75. The van der Waals surface area contributed by atoms with Gasteiger partial charge in [-0.25, -0.2) is 4.98 Å². The van der Waals surface area contributed by atoms with Crippen LogP contribution in [0.5, 0.6) is 0 Å². The maximum atomic E-state index is 12.4. The van der Waals surface area contributed by atoms with Crippen LogP contribution in [0.25, 0.3) is 0 Å². The number of anilines is 2. The number of nitrogens with zero attached hydrogens (tertiary/aromatic N) is 4. The van der Waals surface area contributed by atoms with E-state index in [9.17, 15) is 4.79 Å². The first kappa shape index (κ1) is 24.8. The molecule has 1 aliphatic heterocycles. The summed E-state index contributed by atoms with van der Waals surface area (Å²) in [4.78, 5) is 25.6. The van der Waals surface area contributed by atoms with E-state index in [4.69, 9.17) is 34.8 Å². The Bertz CT molecular complexity index is 934. The molecule has 1 fully saturated rings. The van der Waals surface area contributed by atoms with E-state index in [-0.39, 0.29) is 17.9 Å². The third kappa shape index (κ3) is 6.61. The number of hydrogen-bond acceptors (Lipinski definition) is 6. The van der Waals surface area contributed by atoms with Crippen LogP contribution >= 0.6 is 34.8 Å². The molecular formula is C22H29Cl3N6O. The summed E-state index contributed by atoms with van der Waals surface area (Å²) in [7, 11) is 3.98. The molecule has 1 amide bonds. The van der Waals surface area contributed by atoms with Crippen molar-refractivity contribution in [1.29, 1.82) is 0 Å². The minimum atomic E-state index is -0.128. The second-order valence-corrected chi connectivity index (χ2v) is 9.50. The van der Waals surface area contributed by atoms with Crippen molar-refractivity contribution >= 4 is 52.5 Å². The summed E-state index contributed by atoms with van der Waals surface area (Å²) in [5.74, 6) is 1.28. The van der Waals surface area contributed by atoms with E-state index < -0.39 is 0 Å². The number of likely N-dealkylation sites (N-methyl/N-ethyl adjacent to an activating group) is 1. The zero-order valence-electron chi connectivity index (χ0n) is 18.5. The van der Waals surface area contributed by atoms with Crippen LogP contribution in [-0.2, 0) is 4.79 Å². The normalized spacial score (nSPS) is 15.7. The molecule has 10 heteroatoms. The average molecular weight is 500 g/mol. The van der Waals surface area contributed by atoms with E-state index in [1.807, 2.05) is 32.0 Å². The Morgan fingerprint density at radius 2 is 1.94 bits per heavy atom. The molecule has 174 valence electrons. The lowest BCUT2D eigenvalue weighted by Crippen LogP contribution is -2.42. The number of benzene rings is 1. The Morgan fingerprint density at radius 1 is 1.22 bits per heavy atom. The first-order chi connectivity index (χ1) is 15.2. The molecule has 0 aliphatic carbocycles. The fourth-order valence-electron chi connectivity index (χ4n) is 3.64. The number of hydrogen-bond donors (Lipinski definition) is 2. The Balaban J connectivity index is 1.60. The fourth-order valence-corrected chi connectivity index (χ4v) is 4.35. The molecule has 0 unspecified atom stereocenters. The van der Waals surface area contributed by atoms with E-state index >= 15 is 0 Å². The number of rotatable bonds is 8. The highest BCUT2D eigenvalue weighted by atomic mass is 35.5. The van der Waals surface area contributed by atoms with Crippen molar-refractivity contribution < 1.29 is 4.79 Å². The van der Waals surface area contributed by atoms with Crippen molar-refractivity contribution in [2.45, 2.75) is 25.8 Å². The van der Waals surface area contributed by atoms with Gasteiger partial charge in [0, 0.05) is 42.1 Å². The SMILES string of the molecule is C[C@@H](Nc1nc(N2CCC(C(=O)NCCN(C)C)CC2)ncc1Cl)c1ccc(Cl)cc1Cl. The number of amides is 1. The van der Waals surface area contributed by atoms with Gasteiger partial charge in [-0.05, 0) is 51.6 Å². The number of aromatic nitrogens is 2. The molecule has 1 aliphatic rings. The van der Waals surface area contributed by atoms with Gasteiger partial charge < -0.3 is 20.4 Å². The van der Waals surface area contributed by atoms with E-state index in [0.717, 1.165) is 24.9 Å². The first-order valence-electron chi connectivity index (χ1n) is 10.7. The topological polar surface area (TPSA) is 73.4 Å². The molecule has 3 rings (SSSR count). The summed E-state index contributed by atoms with van der Waals surface area (Å²) >= 11 is 18.7. The zero-order chi connectivity index (χ0) is 23.3. The summed E-state index contributed by atoms with van der Waals surface area (Å²) in [6, 6.07) is 5.27. The first-order valence-corrected chi connectivity index (χ1v) is 11.8. The van der Waals surface area contributed by atoms with Crippen molar-refractivity contribution in [3.63, 3.8) is 0 Å². The second kappa shape index (κ2) is 11.4. The van der Waals surface area contributed by atoms with Crippen molar-refractivity contribution in [3.8, 4) is 0 Å². The van der Waals surface area contributed by atoms with E-state index in [2.05, 4.69) is 25.5 Å². The molecule has 7 nitrogen and oxygen atoms in total. The van der Waals surface area contributed by atoms with Crippen molar-refractivity contribution in [2.24, 2.45) is 5.92 Å². The predicted molar refractivity (Wildman–Crippen MR) is 132 cm³/mol. The van der Waals surface area contributed by atoms with Gasteiger partial charge >= 0.3 is 0 Å². The third-order valence-electron chi connectivity index (χ3n) is 5.52. The van der Waals surface area contributed by atoms with Gasteiger partial charge in [0.2, 0.25) is 11.9 Å². The van der Waals surface area contributed by atoms with Crippen LogP contribution < -0.4 is 15.5 Å². The molecule has 2 N–H and O–H groups in total. The summed E-state index contributed by atoms with van der Waals surface area (Å²) in [5.41, 5.74) is 0.897. The Morgan fingerprint density at radius 3 is 2.59 bits per heavy atom. The van der Waals surface area contributed by atoms with Crippen molar-refractivity contribution in [3.05, 3.63) is 45.0 Å². The number of piperidine rings is 1. The minimum absolute atomic E-state index is 0.0189. The highest BCUT2D eigenvalue weighted by Crippen LogP contribution is 2.31. The smallest absolute Gasteiger partial charge is 0.227 e. The van der Waals surface area contributed by atoms with Gasteiger partial charge in [-0.1, -0.05) is 40.9 Å². The van der Waals surface area contributed by atoms with Crippen molar-refractivity contribution in [1.82, 2.24) is 20.2 Å². The number of carbonyl (C=O) groups excluding carboxylic acids is 1. The van der Waals surface area contributed by atoms with Crippen LogP contribution in [-0.4, -0.2) is 61.0 Å². The third-order valence-corrected chi connectivity index (χ3v) is 6.36. The number of nitrogens with one attached hydrogen (secondary N) is 2.